The van der Waals surface area contributed by atoms with E-state index in [0.717, 1.165) is 15.5 Å². The molecule has 0 bridgehead atoms. The largest absolute Gasteiger partial charge is 0.264 e. The van der Waals surface area contributed by atoms with Crippen LogP contribution in [0.2, 0.25) is 5.02 Å². The lowest BCUT2D eigenvalue weighted by Gasteiger charge is -1.92. The molecule has 60 valence electrons. The van der Waals surface area contributed by atoms with Gasteiger partial charge in [0.05, 0.1) is 5.02 Å². The van der Waals surface area contributed by atoms with Crippen molar-refractivity contribution in [2.45, 2.75) is 0 Å². The Balaban J connectivity index is 2.45. The number of hydrogen-bond donors (Lipinski definition) is 0. The van der Waals surface area contributed by atoms with Crippen molar-refractivity contribution >= 4 is 22.9 Å². The molecule has 0 saturated heterocycles. The van der Waals surface area contributed by atoms with E-state index in [1.807, 2.05) is 29.8 Å². The summed E-state index contributed by atoms with van der Waals surface area (Å²) in [5.41, 5.74) is 1.12. The highest BCUT2D eigenvalue weighted by Crippen LogP contribution is 2.28. The normalized spacial score (nSPS) is 10.1. The van der Waals surface area contributed by atoms with Crippen LogP contribution in [0.4, 0.5) is 0 Å². The minimum absolute atomic E-state index is 0.791. The summed E-state index contributed by atoms with van der Waals surface area (Å²) in [6, 6.07) is 5.89. The van der Waals surface area contributed by atoms with Crippen molar-refractivity contribution in [3.05, 3.63) is 41.0 Å². The fourth-order valence-corrected chi connectivity index (χ4v) is 2.04. The molecule has 12 heavy (non-hydrogen) atoms. The number of thiophene rings is 1. The molecule has 0 atom stereocenters. The van der Waals surface area contributed by atoms with Gasteiger partial charge in [-0.15, -0.1) is 11.3 Å². The molecule has 2 aromatic rings. The smallest absolute Gasteiger partial charge is 0.0519 e. The van der Waals surface area contributed by atoms with Crippen molar-refractivity contribution in [2.24, 2.45) is 0 Å². The van der Waals surface area contributed by atoms with E-state index >= 15 is 0 Å². The van der Waals surface area contributed by atoms with Crippen LogP contribution in [0.25, 0.3) is 10.4 Å². The number of nitrogens with zero attached hydrogens (tertiary/aromatic N) is 1. The van der Waals surface area contributed by atoms with Crippen LogP contribution in [-0.4, -0.2) is 4.98 Å². The summed E-state index contributed by atoms with van der Waals surface area (Å²) >= 11 is 7.43. The summed E-state index contributed by atoms with van der Waals surface area (Å²) in [5.74, 6) is 0. The third-order valence-corrected chi connectivity index (χ3v) is 2.84. The number of rotatable bonds is 1. The predicted molar refractivity (Wildman–Crippen MR) is 52.6 cm³/mol. The first-order valence-electron chi connectivity index (χ1n) is 3.51. The summed E-state index contributed by atoms with van der Waals surface area (Å²) in [4.78, 5) is 5.19. The van der Waals surface area contributed by atoms with Gasteiger partial charge in [0.25, 0.3) is 0 Å². The van der Waals surface area contributed by atoms with E-state index in [9.17, 15) is 0 Å². The minimum atomic E-state index is 0.791. The maximum atomic E-state index is 5.80. The molecule has 0 amide bonds. The molecule has 0 N–H and O–H groups in total. The molecule has 0 radical (unpaired) electrons. The van der Waals surface area contributed by atoms with Crippen LogP contribution >= 0.6 is 22.9 Å². The number of aromatic nitrogens is 1. The third kappa shape index (κ3) is 1.49. The Kier molecular flexibility index (Phi) is 2.11. The summed E-state index contributed by atoms with van der Waals surface area (Å²) < 4.78 is 0. The van der Waals surface area contributed by atoms with Gasteiger partial charge in [0.1, 0.15) is 0 Å². The number of hydrogen-bond acceptors (Lipinski definition) is 2. The van der Waals surface area contributed by atoms with Gasteiger partial charge in [-0.05, 0) is 12.1 Å². The number of pyridine rings is 1. The van der Waals surface area contributed by atoms with Gasteiger partial charge in [-0.25, -0.2) is 0 Å². The van der Waals surface area contributed by atoms with Crippen LogP contribution in [-0.2, 0) is 0 Å². The van der Waals surface area contributed by atoms with Crippen LogP contribution in [0, 0.1) is 0 Å². The van der Waals surface area contributed by atoms with E-state index in [-0.39, 0.29) is 0 Å². The molecule has 2 aromatic heterocycles. The Morgan fingerprint density at radius 2 is 2.33 bits per heavy atom. The molecule has 0 saturated carbocycles. The van der Waals surface area contributed by atoms with Gasteiger partial charge in [0.15, 0.2) is 0 Å². The zero-order chi connectivity index (χ0) is 8.39. The summed E-state index contributed by atoms with van der Waals surface area (Å²) in [6.07, 6.45) is 3.60. The van der Waals surface area contributed by atoms with E-state index in [2.05, 4.69) is 4.98 Å². The molecule has 1 nitrogen and oxygen atoms in total. The topological polar surface area (TPSA) is 12.9 Å². The van der Waals surface area contributed by atoms with Crippen molar-refractivity contribution in [1.29, 1.82) is 0 Å². The van der Waals surface area contributed by atoms with Crippen LogP contribution in [0.1, 0.15) is 0 Å². The maximum absolute atomic E-state index is 5.80. The SMILES string of the molecule is Clc1csc(-c2cccnc2)c1. The van der Waals surface area contributed by atoms with Gasteiger partial charge in [-0.3, -0.25) is 4.98 Å². The molecular weight excluding hydrogens is 190 g/mol. The van der Waals surface area contributed by atoms with Crippen molar-refractivity contribution < 1.29 is 0 Å². The monoisotopic (exact) mass is 195 g/mol. The Hall–Kier alpha value is -0.860. The second kappa shape index (κ2) is 3.25. The number of halogens is 1. The second-order valence-electron chi connectivity index (χ2n) is 2.37. The van der Waals surface area contributed by atoms with E-state index in [1.54, 1.807) is 17.5 Å². The van der Waals surface area contributed by atoms with Crippen molar-refractivity contribution in [3.8, 4) is 10.4 Å². The van der Waals surface area contributed by atoms with Crippen LogP contribution in [0.5, 0.6) is 0 Å². The Bertz CT molecular complexity index is 369. The molecular formula is C9H6ClNS. The summed E-state index contributed by atoms with van der Waals surface area (Å²) in [7, 11) is 0. The Labute approximate surface area is 79.7 Å². The van der Waals surface area contributed by atoms with Gasteiger partial charge >= 0.3 is 0 Å². The standard InChI is InChI=1S/C9H6ClNS/c10-8-4-9(12-6-8)7-2-1-3-11-5-7/h1-6H. The fraction of sp³-hybridized carbons (Fsp3) is 0. The Morgan fingerprint density at radius 3 is 2.92 bits per heavy atom. The first-order chi connectivity index (χ1) is 5.86. The lowest BCUT2D eigenvalue weighted by atomic mass is 10.2. The molecule has 0 unspecified atom stereocenters. The fourth-order valence-electron chi connectivity index (χ4n) is 0.973. The minimum Gasteiger partial charge on any atom is -0.264 e. The van der Waals surface area contributed by atoms with Crippen LogP contribution < -0.4 is 0 Å². The molecule has 0 fully saturated rings. The molecule has 0 aliphatic rings. The van der Waals surface area contributed by atoms with Gasteiger partial charge in [0, 0.05) is 28.2 Å². The average molecular weight is 196 g/mol. The quantitative estimate of drug-likeness (QED) is 0.679. The summed E-state index contributed by atoms with van der Waals surface area (Å²) in [5, 5.41) is 2.71. The highest BCUT2D eigenvalue weighted by molar-refractivity contribution is 7.14. The second-order valence-corrected chi connectivity index (χ2v) is 3.72. The Morgan fingerprint density at radius 1 is 1.42 bits per heavy atom. The molecule has 0 aliphatic carbocycles. The zero-order valence-corrected chi connectivity index (χ0v) is 7.77. The van der Waals surface area contributed by atoms with Crippen molar-refractivity contribution in [3.63, 3.8) is 0 Å². The average Bonchev–Trinajstić information content (AvgIpc) is 2.54. The first-order valence-corrected chi connectivity index (χ1v) is 4.76. The van der Waals surface area contributed by atoms with Gasteiger partial charge in [0.2, 0.25) is 0 Å². The summed E-state index contributed by atoms with van der Waals surface area (Å²) in [6.45, 7) is 0. The highest BCUT2D eigenvalue weighted by atomic mass is 35.5. The van der Waals surface area contributed by atoms with E-state index in [1.165, 1.54) is 0 Å². The molecule has 0 spiro atoms. The molecule has 2 heterocycles. The molecule has 0 aliphatic heterocycles. The molecule has 3 heteroatoms. The maximum Gasteiger partial charge on any atom is 0.0519 e. The third-order valence-electron chi connectivity index (χ3n) is 1.51. The zero-order valence-electron chi connectivity index (χ0n) is 6.20. The molecule has 0 aromatic carbocycles. The van der Waals surface area contributed by atoms with E-state index in [0.29, 0.717) is 0 Å². The van der Waals surface area contributed by atoms with Crippen molar-refractivity contribution in [2.75, 3.05) is 0 Å². The lowest BCUT2D eigenvalue weighted by Crippen LogP contribution is -1.72. The highest BCUT2D eigenvalue weighted by Gasteiger charge is 1.99. The van der Waals surface area contributed by atoms with Gasteiger partial charge in [-0.1, -0.05) is 17.7 Å². The van der Waals surface area contributed by atoms with Crippen LogP contribution in [0.15, 0.2) is 36.0 Å². The van der Waals surface area contributed by atoms with Gasteiger partial charge in [-0.2, -0.15) is 0 Å². The van der Waals surface area contributed by atoms with Crippen LogP contribution in [0.3, 0.4) is 0 Å². The molecule has 2 rings (SSSR count). The lowest BCUT2D eigenvalue weighted by molar-refractivity contribution is 1.33. The van der Waals surface area contributed by atoms with E-state index < -0.39 is 0 Å². The van der Waals surface area contributed by atoms with E-state index in [4.69, 9.17) is 11.6 Å². The van der Waals surface area contributed by atoms with Gasteiger partial charge < -0.3 is 0 Å². The predicted octanol–water partition coefficient (Wildman–Crippen LogP) is 3.46. The first kappa shape index (κ1) is 7.77. The van der Waals surface area contributed by atoms with Crippen molar-refractivity contribution in [1.82, 2.24) is 4.98 Å².